The Hall–Kier alpha value is -1.22. The van der Waals surface area contributed by atoms with Gasteiger partial charge in [-0.25, -0.2) is 0 Å². The van der Waals surface area contributed by atoms with Gasteiger partial charge in [0.05, 0.1) is 0 Å². The zero-order valence-electron chi connectivity index (χ0n) is 10.4. The summed E-state index contributed by atoms with van der Waals surface area (Å²) in [4.78, 5) is 0. The number of hydrogen-bond acceptors (Lipinski definition) is 3. The van der Waals surface area contributed by atoms with E-state index in [0.29, 0.717) is 19.1 Å². The van der Waals surface area contributed by atoms with Gasteiger partial charge in [0.15, 0.2) is 11.5 Å². The quantitative estimate of drug-likeness (QED) is 0.852. The number of hydrogen-bond donors (Lipinski definition) is 1. The Morgan fingerprint density at radius 1 is 1.18 bits per heavy atom. The van der Waals surface area contributed by atoms with Gasteiger partial charge in [-0.1, -0.05) is 13.0 Å². The number of nitrogens with two attached hydrogens (primary N) is 1. The van der Waals surface area contributed by atoms with Crippen molar-refractivity contribution in [2.75, 3.05) is 19.8 Å². The average molecular weight is 235 g/mol. The molecular formula is C14H21NO2. The molecule has 3 heteroatoms. The summed E-state index contributed by atoms with van der Waals surface area (Å²) in [7, 11) is 0. The molecule has 1 aromatic carbocycles. The molecule has 1 atom stereocenters. The Labute approximate surface area is 103 Å². The van der Waals surface area contributed by atoms with Gasteiger partial charge in [-0.05, 0) is 49.4 Å². The lowest BCUT2D eigenvalue weighted by Crippen LogP contribution is -2.15. The maximum atomic E-state index is 5.57. The third-order valence-corrected chi connectivity index (χ3v) is 3.19. The second-order valence-electron chi connectivity index (χ2n) is 4.70. The number of rotatable bonds is 5. The van der Waals surface area contributed by atoms with Gasteiger partial charge in [0.2, 0.25) is 0 Å². The highest BCUT2D eigenvalue weighted by Gasteiger charge is 2.11. The zero-order valence-corrected chi connectivity index (χ0v) is 10.4. The fourth-order valence-corrected chi connectivity index (χ4v) is 2.09. The highest BCUT2D eigenvalue weighted by Crippen LogP contribution is 2.31. The van der Waals surface area contributed by atoms with Crippen molar-refractivity contribution in [1.29, 1.82) is 0 Å². The van der Waals surface area contributed by atoms with Gasteiger partial charge in [-0.3, -0.25) is 0 Å². The van der Waals surface area contributed by atoms with E-state index < -0.39 is 0 Å². The van der Waals surface area contributed by atoms with Crippen molar-refractivity contribution in [2.24, 2.45) is 11.7 Å². The van der Waals surface area contributed by atoms with Crippen LogP contribution in [0.1, 0.15) is 25.3 Å². The standard InChI is InChI=1S/C14H21NO2/c1-11(6-7-15)2-3-12-4-5-13-14(10-12)17-9-8-16-13/h4-5,10-11H,2-3,6-9,15H2,1H3. The molecule has 0 aliphatic carbocycles. The molecule has 1 aliphatic heterocycles. The highest BCUT2D eigenvalue weighted by molar-refractivity contribution is 5.43. The van der Waals surface area contributed by atoms with E-state index in [0.717, 1.165) is 30.9 Å². The lowest BCUT2D eigenvalue weighted by Gasteiger charge is -2.19. The third kappa shape index (κ3) is 3.37. The summed E-state index contributed by atoms with van der Waals surface area (Å²) in [6.45, 7) is 4.34. The molecule has 0 bridgehead atoms. The minimum absolute atomic E-state index is 0.653. The number of benzene rings is 1. The van der Waals surface area contributed by atoms with Crippen LogP contribution in [0.5, 0.6) is 11.5 Å². The van der Waals surface area contributed by atoms with Crippen LogP contribution in [-0.4, -0.2) is 19.8 Å². The first-order chi connectivity index (χ1) is 8.29. The molecule has 0 amide bonds. The van der Waals surface area contributed by atoms with Crippen LogP contribution in [0.25, 0.3) is 0 Å². The predicted molar refractivity (Wildman–Crippen MR) is 68.6 cm³/mol. The van der Waals surface area contributed by atoms with Crippen LogP contribution < -0.4 is 15.2 Å². The van der Waals surface area contributed by atoms with Crippen molar-refractivity contribution in [1.82, 2.24) is 0 Å². The Morgan fingerprint density at radius 2 is 1.94 bits per heavy atom. The molecular weight excluding hydrogens is 214 g/mol. The number of ether oxygens (including phenoxy) is 2. The van der Waals surface area contributed by atoms with E-state index in [2.05, 4.69) is 19.1 Å². The Morgan fingerprint density at radius 3 is 2.71 bits per heavy atom. The molecule has 0 spiro atoms. The van der Waals surface area contributed by atoms with Gasteiger partial charge >= 0.3 is 0 Å². The Bertz CT molecular complexity index is 365. The second-order valence-corrected chi connectivity index (χ2v) is 4.70. The van der Waals surface area contributed by atoms with E-state index in [-0.39, 0.29) is 0 Å². The van der Waals surface area contributed by atoms with Crippen molar-refractivity contribution in [3.8, 4) is 11.5 Å². The fourth-order valence-electron chi connectivity index (χ4n) is 2.09. The van der Waals surface area contributed by atoms with Crippen molar-refractivity contribution in [3.63, 3.8) is 0 Å². The van der Waals surface area contributed by atoms with E-state index in [9.17, 15) is 0 Å². The van der Waals surface area contributed by atoms with Crippen molar-refractivity contribution < 1.29 is 9.47 Å². The molecule has 0 saturated heterocycles. The van der Waals surface area contributed by atoms with E-state index >= 15 is 0 Å². The van der Waals surface area contributed by atoms with Crippen molar-refractivity contribution >= 4 is 0 Å². The molecule has 2 N–H and O–H groups in total. The molecule has 94 valence electrons. The maximum absolute atomic E-state index is 5.57. The Balaban J connectivity index is 1.93. The first-order valence-corrected chi connectivity index (χ1v) is 6.38. The molecule has 0 radical (unpaired) electrons. The zero-order chi connectivity index (χ0) is 12.1. The van der Waals surface area contributed by atoms with Crippen LogP contribution >= 0.6 is 0 Å². The number of fused-ring (bicyclic) bond motifs is 1. The summed E-state index contributed by atoms with van der Waals surface area (Å²) in [6, 6.07) is 6.24. The molecule has 1 aromatic rings. The molecule has 0 fully saturated rings. The van der Waals surface area contributed by atoms with Gasteiger partial charge in [-0.2, -0.15) is 0 Å². The molecule has 0 aromatic heterocycles. The molecule has 1 aliphatic rings. The molecule has 1 heterocycles. The van der Waals surface area contributed by atoms with E-state index in [1.807, 2.05) is 6.07 Å². The van der Waals surface area contributed by atoms with Crippen molar-refractivity contribution in [2.45, 2.75) is 26.2 Å². The summed E-state index contributed by atoms with van der Waals surface area (Å²) in [5.74, 6) is 2.45. The first-order valence-electron chi connectivity index (χ1n) is 6.38. The third-order valence-electron chi connectivity index (χ3n) is 3.19. The van der Waals surface area contributed by atoms with E-state index in [1.54, 1.807) is 0 Å². The van der Waals surface area contributed by atoms with Crippen LogP contribution in [0.3, 0.4) is 0 Å². The van der Waals surface area contributed by atoms with Crippen LogP contribution in [0, 0.1) is 5.92 Å². The second kappa shape index (κ2) is 5.92. The van der Waals surface area contributed by atoms with E-state index in [1.165, 1.54) is 12.0 Å². The van der Waals surface area contributed by atoms with Gasteiger partial charge in [0.1, 0.15) is 13.2 Å². The average Bonchev–Trinajstić information content (AvgIpc) is 2.36. The minimum atomic E-state index is 0.653. The molecule has 2 rings (SSSR count). The molecule has 17 heavy (non-hydrogen) atoms. The topological polar surface area (TPSA) is 44.5 Å². The summed E-state index contributed by atoms with van der Waals surface area (Å²) in [5, 5.41) is 0. The first kappa shape index (κ1) is 12.2. The summed E-state index contributed by atoms with van der Waals surface area (Å²) in [5.41, 5.74) is 6.87. The van der Waals surface area contributed by atoms with Gasteiger partial charge in [-0.15, -0.1) is 0 Å². The number of aryl methyl sites for hydroxylation is 1. The largest absolute Gasteiger partial charge is 0.486 e. The van der Waals surface area contributed by atoms with Gasteiger partial charge in [0, 0.05) is 0 Å². The fraction of sp³-hybridized carbons (Fsp3) is 0.571. The molecule has 0 saturated carbocycles. The van der Waals surface area contributed by atoms with Crippen LogP contribution in [0.4, 0.5) is 0 Å². The lowest BCUT2D eigenvalue weighted by atomic mass is 9.98. The van der Waals surface area contributed by atoms with Crippen LogP contribution in [0.2, 0.25) is 0 Å². The minimum Gasteiger partial charge on any atom is -0.486 e. The molecule has 1 unspecified atom stereocenters. The smallest absolute Gasteiger partial charge is 0.161 e. The van der Waals surface area contributed by atoms with Crippen LogP contribution in [0.15, 0.2) is 18.2 Å². The Kier molecular flexibility index (Phi) is 4.26. The van der Waals surface area contributed by atoms with Gasteiger partial charge in [0.25, 0.3) is 0 Å². The normalized spacial score (nSPS) is 15.6. The molecule has 3 nitrogen and oxygen atoms in total. The van der Waals surface area contributed by atoms with Crippen molar-refractivity contribution in [3.05, 3.63) is 23.8 Å². The maximum Gasteiger partial charge on any atom is 0.161 e. The highest BCUT2D eigenvalue weighted by atomic mass is 16.6. The lowest BCUT2D eigenvalue weighted by molar-refractivity contribution is 0.171. The summed E-state index contributed by atoms with van der Waals surface area (Å²) >= 11 is 0. The summed E-state index contributed by atoms with van der Waals surface area (Å²) < 4.78 is 11.1. The summed E-state index contributed by atoms with van der Waals surface area (Å²) in [6.07, 6.45) is 3.36. The monoisotopic (exact) mass is 235 g/mol. The predicted octanol–water partition coefficient (Wildman–Crippen LogP) is 2.38. The SMILES string of the molecule is CC(CCN)CCc1ccc2c(c1)OCCO2. The van der Waals surface area contributed by atoms with Gasteiger partial charge < -0.3 is 15.2 Å². The van der Waals surface area contributed by atoms with Crippen LogP contribution in [-0.2, 0) is 6.42 Å². The van der Waals surface area contributed by atoms with E-state index in [4.69, 9.17) is 15.2 Å².